The molecule has 1 aromatic carbocycles. The number of rotatable bonds is 5. The van der Waals surface area contributed by atoms with Crippen molar-refractivity contribution in [3.8, 4) is 5.75 Å². The second-order valence-electron chi connectivity index (χ2n) is 3.63. The van der Waals surface area contributed by atoms with Crippen LogP contribution in [0.4, 0.5) is 0 Å². The number of halogens is 2. The number of benzene rings is 1. The van der Waals surface area contributed by atoms with E-state index in [-0.39, 0.29) is 0 Å². The van der Waals surface area contributed by atoms with Gasteiger partial charge in [0.25, 0.3) is 0 Å². The van der Waals surface area contributed by atoms with E-state index in [4.69, 9.17) is 4.74 Å². The highest BCUT2D eigenvalue weighted by atomic mass is 79.9. The second kappa shape index (κ2) is 6.57. The van der Waals surface area contributed by atoms with Gasteiger partial charge in [0.1, 0.15) is 5.75 Å². The summed E-state index contributed by atoms with van der Waals surface area (Å²) in [7, 11) is 0. The molecule has 0 saturated heterocycles. The molecule has 0 aliphatic heterocycles. The van der Waals surface area contributed by atoms with Crippen molar-refractivity contribution in [1.29, 1.82) is 0 Å². The number of hydrogen-bond donors (Lipinski definition) is 0. The molecule has 0 N–H and O–H groups in total. The summed E-state index contributed by atoms with van der Waals surface area (Å²) in [4.78, 5) is 0. The van der Waals surface area contributed by atoms with Gasteiger partial charge in [-0.05, 0) is 56.0 Å². The Kier molecular flexibility index (Phi) is 5.07. The molecule has 0 aliphatic rings. The van der Waals surface area contributed by atoms with Gasteiger partial charge >= 0.3 is 0 Å². The predicted molar refractivity (Wildman–Crippen MR) is 80.3 cm³/mol. The molecular weight excluding hydrogens is 364 g/mol. The molecule has 0 amide bonds. The van der Waals surface area contributed by atoms with Gasteiger partial charge in [-0.3, -0.25) is 0 Å². The maximum atomic E-state index is 5.75. The van der Waals surface area contributed by atoms with Gasteiger partial charge < -0.3 is 4.74 Å². The molecule has 0 atom stereocenters. The van der Waals surface area contributed by atoms with Gasteiger partial charge in [0, 0.05) is 11.8 Å². The molecule has 1 aromatic heterocycles. The fraction of sp³-hybridized carbons (Fsp3) is 0.231. The van der Waals surface area contributed by atoms with Crippen molar-refractivity contribution in [2.75, 3.05) is 6.61 Å². The van der Waals surface area contributed by atoms with Crippen LogP contribution in [0.2, 0.25) is 0 Å². The van der Waals surface area contributed by atoms with Crippen molar-refractivity contribution in [2.24, 2.45) is 0 Å². The highest BCUT2D eigenvalue weighted by Crippen LogP contribution is 2.27. The lowest BCUT2D eigenvalue weighted by molar-refractivity contribution is 0.320. The SMILES string of the molecule is BrCc1ccc(OCCc2ccsc2)c(Br)c1. The van der Waals surface area contributed by atoms with Crippen LogP contribution in [0.3, 0.4) is 0 Å². The number of alkyl halides is 1. The summed E-state index contributed by atoms with van der Waals surface area (Å²) in [5, 5.41) is 5.11. The molecule has 0 fully saturated rings. The van der Waals surface area contributed by atoms with Gasteiger partial charge in [-0.15, -0.1) is 0 Å². The molecule has 17 heavy (non-hydrogen) atoms. The summed E-state index contributed by atoms with van der Waals surface area (Å²) in [6.45, 7) is 0.711. The third-order valence-corrected chi connectivity index (χ3v) is 4.38. The van der Waals surface area contributed by atoms with Crippen molar-refractivity contribution < 1.29 is 4.74 Å². The summed E-state index contributed by atoms with van der Waals surface area (Å²) >= 11 is 8.68. The molecule has 0 unspecified atom stereocenters. The zero-order valence-corrected chi connectivity index (χ0v) is 13.1. The lowest BCUT2D eigenvalue weighted by Gasteiger charge is -2.08. The molecule has 0 bridgehead atoms. The quantitative estimate of drug-likeness (QED) is 0.666. The first kappa shape index (κ1) is 13.1. The van der Waals surface area contributed by atoms with Crippen molar-refractivity contribution in [3.63, 3.8) is 0 Å². The minimum Gasteiger partial charge on any atom is -0.492 e. The Bertz CT molecular complexity index is 468. The molecule has 0 spiro atoms. The fourth-order valence-corrected chi connectivity index (χ4v) is 3.05. The molecule has 0 saturated carbocycles. The Morgan fingerprint density at radius 2 is 2.06 bits per heavy atom. The van der Waals surface area contributed by atoms with E-state index in [2.05, 4.69) is 60.8 Å². The van der Waals surface area contributed by atoms with Gasteiger partial charge in [-0.25, -0.2) is 0 Å². The van der Waals surface area contributed by atoms with Crippen LogP contribution in [0.1, 0.15) is 11.1 Å². The molecule has 0 radical (unpaired) electrons. The van der Waals surface area contributed by atoms with Crippen LogP contribution in [0.15, 0.2) is 39.5 Å². The molecule has 90 valence electrons. The van der Waals surface area contributed by atoms with E-state index in [1.54, 1.807) is 11.3 Å². The van der Waals surface area contributed by atoms with Crippen LogP contribution in [-0.4, -0.2) is 6.61 Å². The predicted octanol–water partition coefficient (Wildman–Crippen LogP) is 5.03. The first-order chi connectivity index (χ1) is 8.29. The molecule has 0 aliphatic carbocycles. The van der Waals surface area contributed by atoms with E-state index in [1.807, 2.05) is 6.07 Å². The highest BCUT2D eigenvalue weighted by Gasteiger charge is 2.02. The van der Waals surface area contributed by atoms with Crippen molar-refractivity contribution in [3.05, 3.63) is 50.6 Å². The Morgan fingerprint density at radius 3 is 2.71 bits per heavy atom. The summed E-state index contributed by atoms with van der Waals surface area (Å²) in [6, 6.07) is 8.29. The van der Waals surface area contributed by atoms with Crippen molar-refractivity contribution in [1.82, 2.24) is 0 Å². The zero-order valence-electron chi connectivity index (χ0n) is 9.16. The Morgan fingerprint density at radius 1 is 1.18 bits per heavy atom. The molecule has 1 heterocycles. The lowest BCUT2D eigenvalue weighted by Crippen LogP contribution is -2.01. The van der Waals surface area contributed by atoms with Gasteiger partial charge in [-0.2, -0.15) is 11.3 Å². The highest BCUT2D eigenvalue weighted by molar-refractivity contribution is 9.10. The molecule has 2 aromatic rings. The standard InChI is InChI=1S/C13H12Br2OS/c14-8-11-1-2-13(12(15)7-11)16-5-3-10-4-6-17-9-10/h1-2,4,6-7,9H,3,5,8H2. The van der Waals surface area contributed by atoms with Gasteiger partial charge in [-0.1, -0.05) is 22.0 Å². The van der Waals surface area contributed by atoms with Crippen LogP contribution in [0, 0.1) is 0 Å². The smallest absolute Gasteiger partial charge is 0.133 e. The van der Waals surface area contributed by atoms with Gasteiger partial charge in [0.05, 0.1) is 11.1 Å². The summed E-state index contributed by atoms with van der Waals surface area (Å²) < 4.78 is 6.77. The van der Waals surface area contributed by atoms with E-state index in [1.165, 1.54) is 11.1 Å². The summed E-state index contributed by atoms with van der Waals surface area (Å²) in [5.74, 6) is 0.907. The summed E-state index contributed by atoms with van der Waals surface area (Å²) in [6.07, 6.45) is 0.954. The Hall–Kier alpha value is -0.320. The number of hydrogen-bond acceptors (Lipinski definition) is 2. The maximum absolute atomic E-state index is 5.75. The first-order valence-electron chi connectivity index (χ1n) is 5.28. The average Bonchev–Trinajstić information content (AvgIpc) is 2.84. The normalized spacial score (nSPS) is 10.5. The minimum absolute atomic E-state index is 0.711. The minimum atomic E-state index is 0.711. The van der Waals surface area contributed by atoms with Crippen LogP contribution >= 0.6 is 43.2 Å². The summed E-state index contributed by atoms with van der Waals surface area (Å²) in [5.41, 5.74) is 2.57. The van der Waals surface area contributed by atoms with E-state index < -0.39 is 0 Å². The van der Waals surface area contributed by atoms with Crippen molar-refractivity contribution >= 4 is 43.2 Å². The maximum Gasteiger partial charge on any atom is 0.133 e. The molecular formula is C13H12Br2OS. The van der Waals surface area contributed by atoms with E-state index in [0.29, 0.717) is 6.61 Å². The third kappa shape index (κ3) is 3.83. The van der Waals surface area contributed by atoms with E-state index >= 15 is 0 Å². The number of ether oxygens (including phenoxy) is 1. The molecule has 2 rings (SSSR count). The number of thiophene rings is 1. The third-order valence-electron chi connectivity index (χ3n) is 2.38. The van der Waals surface area contributed by atoms with E-state index in [0.717, 1.165) is 22.0 Å². The van der Waals surface area contributed by atoms with Crippen LogP contribution < -0.4 is 4.74 Å². The lowest BCUT2D eigenvalue weighted by atomic mass is 10.2. The van der Waals surface area contributed by atoms with Crippen molar-refractivity contribution in [2.45, 2.75) is 11.8 Å². The Balaban J connectivity index is 1.90. The second-order valence-corrected chi connectivity index (χ2v) is 5.82. The monoisotopic (exact) mass is 374 g/mol. The molecule has 1 nitrogen and oxygen atoms in total. The topological polar surface area (TPSA) is 9.23 Å². The van der Waals surface area contributed by atoms with E-state index in [9.17, 15) is 0 Å². The van der Waals surface area contributed by atoms with Gasteiger partial charge in [0.15, 0.2) is 0 Å². The fourth-order valence-electron chi connectivity index (χ4n) is 1.46. The Labute approximate surface area is 122 Å². The molecule has 4 heteroatoms. The average molecular weight is 376 g/mol. The zero-order chi connectivity index (χ0) is 12.1. The van der Waals surface area contributed by atoms with Crippen LogP contribution in [0.25, 0.3) is 0 Å². The van der Waals surface area contributed by atoms with Crippen LogP contribution in [-0.2, 0) is 11.8 Å². The van der Waals surface area contributed by atoms with Gasteiger partial charge in [0.2, 0.25) is 0 Å². The van der Waals surface area contributed by atoms with Crippen LogP contribution in [0.5, 0.6) is 5.75 Å². The first-order valence-corrected chi connectivity index (χ1v) is 8.13. The largest absolute Gasteiger partial charge is 0.492 e.